The van der Waals surface area contributed by atoms with Gasteiger partial charge in [0.25, 0.3) is 0 Å². The molecule has 0 saturated heterocycles. The minimum Gasteiger partial charge on any atom is -0.493 e. The van der Waals surface area contributed by atoms with E-state index in [4.69, 9.17) is 10.5 Å². The fourth-order valence-corrected chi connectivity index (χ4v) is 1.28. The highest BCUT2D eigenvalue weighted by Gasteiger charge is 2.02. The van der Waals surface area contributed by atoms with Crippen LogP contribution < -0.4 is 15.8 Å². The normalized spacial score (nSPS) is 9.78. The highest BCUT2D eigenvalue weighted by Crippen LogP contribution is 2.18. The van der Waals surface area contributed by atoms with Crippen LogP contribution in [0.15, 0.2) is 24.3 Å². The quantitative estimate of drug-likeness (QED) is 0.836. The van der Waals surface area contributed by atoms with Crippen LogP contribution in [-0.4, -0.2) is 19.1 Å². The summed E-state index contributed by atoms with van der Waals surface area (Å²) in [6.07, 6.45) is 0.330. The highest BCUT2D eigenvalue weighted by molar-refractivity contribution is 5.90. The molecule has 0 bridgehead atoms. The van der Waals surface area contributed by atoms with Crippen molar-refractivity contribution in [1.29, 1.82) is 0 Å². The van der Waals surface area contributed by atoms with Crippen LogP contribution in [0.4, 0.5) is 5.69 Å². The Kier molecular flexibility index (Phi) is 8.16. The maximum Gasteiger partial charge on any atom is 0.225 e. The van der Waals surface area contributed by atoms with Crippen LogP contribution in [0.3, 0.4) is 0 Å². The molecular weight excluding hydrogens is 252 g/mol. The van der Waals surface area contributed by atoms with E-state index in [2.05, 4.69) is 19.2 Å². The number of benzene rings is 1. The first-order valence-corrected chi connectivity index (χ1v) is 5.84. The molecule has 0 spiro atoms. The molecule has 4 nitrogen and oxygen atoms in total. The van der Waals surface area contributed by atoms with Crippen molar-refractivity contribution in [2.24, 2.45) is 11.7 Å². The zero-order valence-electron chi connectivity index (χ0n) is 10.8. The molecule has 0 unspecified atom stereocenters. The van der Waals surface area contributed by atoms with Crippen molar-refractivity contribution >= 4 is 24.0 Å². The zero-order valence-corrected chi connectivity index (χ0v) is 11.6. The lowest BCUT2D eigenvalue weighted by molar-refractivity contribution is -0.116. The van der Waals surface area contributed by atoms with Gasteiger partial charge in [0, 0.05) is 24.7 Å². The number of amides is 1. The lowest BCUT2D eigenvalue weighted by atomic mass is 10.2. The number of ether oxygens (including phenoxy) is 1. The zero-order chi connectivity index (χ0) is 12.7. The van der Waals surface area contributed by atoms with Crippen molar-refractivity contribution in [2.75, 3.05) is 18.5 Å². The Balaban J connectivity index is 0.00000289. The average Bonchev–Trinajstić information content (AvgIpc) is 2.27. The van der Waals surface area contributed by atoms with Gasteiger partial charge >= 0.3 is 0 Å². The van der Waals surface area contributed by atoms with Gasteiger partial charge < -0.3 is 15.8 Å². The molecule has 18 heavy (non-hydrogen) atoms. The summed E-state index contributed by atoms with van der Waals surface area (Å²) in [7, 11) is 0. The minimum absolute atomic E-state index is 0. The second-order valence-corrected chi connectivity index (χ2v) is 4.32. The van der Waals surface area contributed by atoms with E-state index < -0.39 is 0 Å². The summed E-state index contributed by atoms with van der Waals surface area (Å²) in [5.41, 5.74) is 6.05. The van der Waals surface area contributed by atoms with E-state index in [1.807, 2.05) is 24.3 Å². The lowest BCUT2D eigenvalue weighted by Gasteiger charge is -2.10. The molecule has 1 aromatic carbocycles. The first-order valence-electron chi connectivity index (χ1n) is 5.84. The molecule has 5 heteroatoms. The number of hydrogen-bond acceptors (Lipinski definition) is 3. The molecular formula is C13H21ClN2O2. The number of nitrogens with one attached hydrogen (secondary N) is 1. The Bertz CT molecular complexity index is 370. The van der Waals surface area contributed by atoms with Crippen LogP contribution in [0.2, 0.25) is 0 Å². The number of halogens is 1. The monoisotopic (exact) mass is 272 g/mol. The summed E-state index contributed by atoms with van der Waals surface area (Å²) >= 11 is 0. The van der Waals surface area contributed by atoms with Gasteiger partial charge in [-0.05, 0) is 18.1 Å². The van der Waals surface area contributed by atoms with E-state index in [1.54, 1.807) is 0 Å². The van der Waals surface area contributed by atoms with Crippen LogP contribution in [0.1, 0.15) is 20.3 Å². The van der Waals surface area contributed by atoms with Crippen LogP contribution in [0, 0.1) is 5.92 Å². The Labute approximate surface area is 114 Å². The summed E-state index contributed by atoms with van der Waals surface area (Å²) in [5.74, 6) is 1.17. The Hall–Kier alpha value is -1.26. The molecule has 0 radical (unpaired) electrons. The van der Waals surface area contributed by atoms with Gasteiger partial charge in [0.15, 0.2) is 0 Å². The molecule has 3 N–H and O–H groups in total. The number of nitrogens with two attached hydrogens (primary N) is 1. The van der Waals surface area contributed by atoms with E-state index in [1.165, 1.54) is 0 Å². The number of hydrogen-bond donors (Lipinski definition) is 2. The standard InChI is InChI=1S/C13H20N2O2.ClH/c1-10(2)9-17-12-5-3-4-11(8-12)15-13(16)6-7-14;/h3-5,8,10H,6-7,9,14H2,1-2H3,(H,15,16);1H. The van der Waals surface area contributed by atoms with Gasteiger partial charge in [0.1, 0.15) is 5.75 Å². The topological polar surface area (TPSA) is 64.3 Å². The smallest absolute Gasteiger partial charge is 0.225 e. The number of carbonyl (C=O) groups excluding carboxylic acids is 1. The third-order valence-corrected chi connectivity index (χ3v) is 2.07. The van der Waals surface area contributed by atoms with Crippen LogP contribution >= 0.6 is 12.4 Å². The maximum absolute atomic E-state index is 11.4. The molecule has 1 aromatic rings. The fraction of sp³-hybridized carbons (Fsp3) is 0.462. The largest absolute Gasteiger partial charge is 0.493 e. The fourth-order valence-electron chi connectivity index (χ4n) is 1.28. The molecule has 0 aromatic heterocycles. The van der Waals surface area contributed by atoms with Gasteiger partial charge in [-0.15, -0.1) is 12.4 Å². The van der Waals surface area contributed by atoms with E-state index in [0.717, 1.165) is 11.4 Å². The van der Waals surface area contributed by atoms with Gasteiger partial charge in [0.05, 0.1) is 6.61 Å². The molecule has 0 heterocycles. The van der Waals surface area contributed by atoms with Crippen molar-refractivity contribution in [1.82, 2.24) is 0 Å². The predicted octanol–water partition coefficient (Wildman–Crippen LogP) is 2.43. The van der Waals surface area contributed by atoms with E-state index in [-0.39, 0.29) is 18.3 Å². The van der Waals surface area contributed by atoms with Crippen molar-refractivity contribution in [3.8, 4) is 5.75 Å². The minimum atomic E-state index is -0.0755. The van der Waals surface area contributed by atoms with Crippen molar-refractivity contribution in [3.63, 3.8) is 0 Å². The van der Waals surface area contributed by atoms with E-state index in [0.29, 0.717) is 25.5 Å². The molecule has 0 saturated carbocycles. The van der Waals surface area contributed by atoms with Gasteiger partial charge in [-0.3, -0.25) is 4.79 Å². The van der Waals surface area contributed by atoms with Gasteiger partial charge in [-0.1, -0.05) is 19.9 Å². The Morgan fingerprint density at radius 3 is 2.78 bits per heavy atom. The molecule has 0 fully saturated rings. The average molecular weight is 273 g/mol. The van der Waals surface area contributed by atoms with Crippen molar-refractivity contribution < 1.29 is 9.53 Å². The summed E-state index contributed by atoms with van der Waals surface area (Å²) in [5, 5.41) is 2.77. The van der Waals surface area contributed by atoms with Crippen LogP contribution in [0.5, 0.6) is 5.75 Å². The summed E-state index contributed by atoms with van der Waals surface area (Å²) in [6.45, 7) is 5.20. The third-order valence-electron chi connectivity index (χ3n) is 2.07. The van der Waals surface area contributed by atoms with Gasteiger partial charge in [0.2, 0.25) is 5.91 Å². The number of carbonyl (C=O) groups is 1. The summed E-state index contributed by atoms with van der Waals surface area (Å²) in [4.78, 5) is 11.4. The second-order valence-electron chi connectivity index (χ2n) is 4.32. The highest BCUT2D eigenvalue weighted by atomic mass is 35.5. The van der Waals surface area contributed by atoms with E-state index >= 15 is 0 Å². The number of rotatable bonds is 6. The summed E-state index contributed by atoms with van der Waals surface area (Å²) in [6, 6.07) is 7.38. The SMILES string of the molecule is CC(C)COc1cccc(NC(=O)CCN)c1.Cl. The lowest BCUT2D eigenvalue weighted by Crippen LogP contribution is -2.16. The second kappa shape index (κ2) is 8.78. The summed E-state index contributed by atoms with van der Waals surface area (Å²) < 4.78 is 5.57. The predicted molar refractivity (Wildman–Crippen MR) is 76.3 cm³/mol. The molecule has 1 amide bonds. The van der Waals surface area contributed by atoms with Gasteiger partial charge in [-0.25, -0.2) is 0 Å². The molecule has 0 aliphatic heterocycles. The molecule has 102 valence electrons. The Morgan fingerprint density at radius 1 is 1.44 bits per heavy atom. The molecule has 0 aliphatic carbocycles. The molecule has 0 atom stereocenters. The van der Waals surface area contributed by atoms with Crippen LogP contribution in [-0.2, 0) is 4.79 Å². The van der Waals surface area contributed by atoms with Crippen LogP contribution in [0.25, 0.3) is 0 Å². The van der Waals surface area contributed by atoms with Crippen molar-refractivity contribution in [2.45, 2.75) is 20.3 Å². The number of anilines is 1. The maximum atomic E-state index is 11.4. The molecule has 0 aliphatic rings. The third kappa shape index (κ3) is 6.47. The van der Waals surface area contributed by atoms with Gasteiger partial charge in [-0.2, -0.15) is 0 Å². The molecule has 1 rings (SSSR count). The first-order chi connectivity index (χ1) is 8.11. The first kappa shape index (κ1) is 16.7. The van der Waals surface area contributed by atoms with E-state index in [9.17, 15) is 4.79 Å². The van der Waals surface area contributed by atoms with Crippen molar-refractivity contribution in [3.05, 3.63) is 24.3 Å². The Morgan fingerprint density at radius 2 is 2.17 bits per heavy atom.